The Morgan fingerprint density at radius 2 is 1.69 bits per heavy atom. The van der Waals surface area contributed by atoms with Crippen LogP contribution in [0.15, 0.2) is 47.4 Å². The van der Waals surface area contributed by atoms with Crippen LogP contribution in [0.4, 0.5) is 10.1 Å². The molecule has 2 aromatic carbocycles. The second-order valence-electron chi connectivity index (χ2n) is 9.45. The molecule has 3 aromatic rings. The van der Waals surface area contributed by atoms with E-state index in [4.69, 9.17) is 0 Å². The molecule has 3 heterocycles. The number of hydrogen-bond donors (Lipinski definition) is 0. The van der Waals surface area contributed by atoms with Crippen molar-refractivity contribution in [2.24, 2.45) is 0 Å². The van der Waals surface area contributed by atoms with Crippen LogP contribution in [0.5, 0.6) is 0 Å². The Balaban J connectivity index is 1.32. The molecular weight excluding hydrogens is 467 g/mol. The fourth-order valence-corrected chi connectivity index (χ4v) is 7.13. The number of hydrogen-bond acceptors (Lipinski definition) is 4. The number of para-hydroxylation sites is 1. The first-order valence-electron chi connectivity index (χ1n) is 12.3. The van der Waals surface area contributed by atoms with Crippen LogP contribution in [0.3, 0.4) is 0 Å². The summed E-state index contributed by atoms with van der Waals surface area (Å²) in [6.45, 7) is 1.57. The number of carbonyl (C=O) groups excluding carboxylic acids is 1. The Hall–Kier alpha value is -3.04. The smallest absolute Gasteiger partial charge is 0.279 e. The number of nitrogens with zero attached hydrogens (tertiary/aromatic N) is 4. The molecule has 1 amide bonds. The van der Waals surface area contributed by atoms with E-state index in [-0.39, 0.29) is 16.6 Å². The standard InChI is InChI=1S/C26H27FN4O3S/c27-21-8-2-3-9-24(21)31-23-10-6-7-20(23)25(28-31)26(32)30-16-13-18-17-19(11-12-22(18)30)35(33,34)29-14-4-1-5-15-29/h2-3,8-9,11-12,17H,1,4-7,10,13-16H2. The average molecular weight is 495 g/mol. The van der Waals surface area contributed by atoms with Gasteiger partial charge in [-0.3, -0.25) is 4.79 Å². The van der Waals surface area contributed by atoms with E-state index >= 15 is 0 Å². The number of sulfonamides is 1. The van der Waals surface area contributed by atoms with Gasteiger partial charge in [0.15, 0.2) is 5.69 Å². The topological polar surface area (TPSA) is 75.5 Å². The summed E-state index contributed by atoms with van der Waals surface area (Å²) >= 11 is 0. The van der Waals surface area contributed by atoms with Gasteiger partial charge in [0, 0.05) is 36.6 Å². The van der Waals surface area contributed by atoms with E-state index in [9.17, 15) is 17.6 Å². The van der Waals surface area contributed by atoms with Gasteiger partial charge in [-0.1, -0.05) is 18.6 Å². The Kier molecular flexibility index (Phi) is 5.49. The van der Waals surface area contributed by atoms with E-state index in [1.807, 2.05) is 0 Å². The molecule has 0 atom stereocenters. The second kappa shape index (κ2) is 8.57. The van der Waals surface area contributed by atoms with Crippen molar-refractivity contribution in [2.75, 3.05) is 24.5 Å². The molecule has 1 fully saturated rings. The van der Waals surface area contributed by atoms with Crippen molar-refractivity contribution in [3.8, 4) is 5.69 Å². The van der Waals surface area contributed by atoms with Gasteiger partial charge in [0.1, 0.15) is 11.5 Å². The van der Waals surface area contributed by atoms with Gasteiger partial charge in [0.25, 0.3) is 5.91 Å². The zero-order chi connectivity index (χ0) is 24.2. The number of anilines is 1. The number of fused-ring (bicyclic) bond motifs is 2. The van der Waals surface area contributed by atoms with Crippen LogP contribution >= 0.6 is 0 Å². The molecule has 0 spiro atoms. The van der Waals surface area contributed by atoms with Crippen LogP contribution in [0.1, 0.15) is 53.0 Å². The summed E-state index contributed by atoms with van der Waals surface area (Å²) < 4.78 is 43.9. The summed E-state index contributed by atoms with van der Waals surface area (Å²) in [6, 6.07) is 11.5. The Labute approximate surface area is 204 Å². The molecule has 1 saturated heterocycles. The molecule has 3 aliphatic rings. The van der Waals surface area contributed by atoms with Gasteiger partial charge >= 0.3 is 0 Å². The Morgan fingerprint density at radius 1 is 0.886 bits per heavy atom. The molecule has 0 unspecified atom stereocenters. The number of carbonyl (C=O) groups is 1. The molecule has 9 heteroatoms. The highest BCUT2D eigenvalue weighted by Crippen LogP contribution is 2.35. The summed E-state index contributed by atoms with van der Waals surface area (Å²) in [5.74, 6) is -0.596. The zero-order valence-electron chi connectivity index (χ0n) is 19.4. The molecule has 0 bridgehead atoms. The van der Waals surface area contributed by atoms with E-state index in [2.05, 4.69) is 5.10 Å². The predicted molar refractivity (Wildman–Crippen MR) is 130 cm³/mol. The second-order valence-corrected chi connectivity index (χ2v) is 11.4. The van der Waals surface area contributed by atoms with Crippen molar-refractivity contribution < 1.29 is 17.6 Å². The molecule has 1 aliphatic carbocycles. The van der Waals surface area contributed by atoms with E-state index < -0.39 is 10.0 Å². The van der Waals surface area contributed by atoms with Crippen molar-refractivity contribution >= 4 is 21.6 Å². The van der Waals surface area contributed by atoms with Gasteiger partial charge in [-0.2, -0.15) is 9.40 Å². The van der Waals surface area contributed by atoms with Crippen LogP contribution < -0.4 is 4.90 Å². The lowest BCUT2D eigenvalue weighted by Crippen LogP contribution is -2.35. The first-order chi connectivity index (χ1) is 16.9. The summed E-state index contributed by atoms with van der Waals surface area (Å²) in [6.07, 6.45) is 5.80. The summed E-state index contributed by atoms with van der Waals surface area (Å²) in [5.41, 5.74) is 4.05. The third-order valence-electron chi connectivity index (χ3n) is 7.36. The maximum Gasteiger partial charge on any atom is 0.279 e. The predicted octanol–water partition coefficient (Wildman–Crippen LogP) is 3.88. The van der Waals surface area contributed by atoms with Gasteiger partial charge in [-0.25, -0.2) is 17.5 Å². The molecule has 35 heavy (non-hydrogen) atoms. The molecular formula is C26H27FN4O3S. The van der Waals surface area contributed by atoms with Gasteiger partial charge in [0.2, 0.25) is 10.0 Å². The van der Waals surface area contributed by atoms with Crippen molar-refractivity contribution in [1.29, 1.82) is 0 Å². The minimum Gasteiger partial charge on any atom is -0.306 e. The normalized spacial score (nSPS) is 18.0. The molecule has 0 radical (unpaired) electrons. The minimum atomic E-state index is -3.53. The first-order valence-corrected chi connectivity index (χ1v) is 13.7. The van der Waals surface area contributed by atoms with E-state index in [0.29, 0.717) is 37.4 Å². The number of benzene rings is 2. The largest absolute Gasteiger partial charge is 0.306 e. The fourth-order valence-electron chi connectivity index (χ4n) is 5.56. The van der Waals surface area contributed by atoms with Gasteiger partial charge < -0.3 is 4.90 Å². The lowest BCUT2D eigenvalue weighted by molar-refractivity contribution is 0.0983. The van der Waals surface area contributed by atoms with Crippen LogP contribution in [0, 0.1) is 5.82 Å². The number of amides is 1. The Bertz CT molecular complexity index is 1430. The first kappa shape index (κ1) is 22.4. The van der Waals surface area contributed by atoms with Gasteiger partial charge in [-0.15, -0.1) is 0 Å². The van der Waals surface area contributed by atoms with Crippen molar-refractivity contribution in [2.45, 2.75) is 49.8 Å². The molecule has 7 nitrogen and oxygen atoms in total. The zero-order valence-corrected chi connectivity index (χ0v) is 20.2. The highest BCUT2D eigenvalue weighted by molar-refractivity contribution is 7.89. The molecule has 2 aliphatic heterocycles. The van der Waals surface area contributed by atoms with Crippen molar-refractivity contribution in [1.82, 2.24) is 14.1 Å². The molecule has 0 saturated carbocycles. The number of piperidine rings is 1. The molecule has 6 rings (SSSR count). The number of halogens is 1. The Morgan fingerprint density at radius 3 is 2.49 bits per heavy atom. The highest BCUT2D eigenvalue weighted by Gasteiger charge is 2.34. The fraction of sp³-hybridized carbons (Fsp3) is 0.385. The van der Waals surface area contributed by atoms with E-state index in [0.717, 1.165) is 61.0 Å². The van der Waals surface area contributed by atoms with E-state index in [1.54, 1.807) is 50.3 Å². The van der Waals surface area contributed by atoms with Crippen molar-refractivity contribution in [3.63, 3.8) is 0 Å². The minimum absolute atomic E-state index is 0.219. The maximum absolute atomic E-state index is 14.5. The van der Waals surface area contributed by atoms with Crippen LogP contribution in [-0.4, -0.2) is 48.0 Å². The highest BCUT2D eigenvalue weighted by atomic mass is 32.2. The maximum atomic E-state index is 14.5. The number of rotatable bonds is 4. The average Bonchev–Trinajstić information content (AvgIpc) is 3.60. The quantitative estimate of drug-likeness (QED) is 0.552. The third-order valence-corrected chi connectivity index (χ3v) is 9.25. The van der Waals surface area contributed by atoms with Crippen LogP contribution in [0.2, 0.25) is 0 Å². The lowest BCUT2D eigenvalue weighted by Gasteiger charge is -2.26. The monoisotopic (exact) mass is 494 g/mol. The molecule has 182 valence electrons. The number of aromatic nitrogens is 2. The summed E-state index contributed by atoms with van der Waals surface area (Å²) in [5, 5.41) is 4.58. The third kappa shape index (κ3) is 3.68. The SMILES string of the molecule is O=C(c1nn(-c2ccccc2F)c2c1CCC2)N1CCc2cc(S(=O)(=O)N3CCCCC3)ccc21. The van der Waals surface area contributed by atoms with Gasteiger partial charge in [0.05, 0.1) is 4.90 Å². The molecule has 0 N–H and O–H groups in total. The van der Waals surface area contributed by atoms with Crippen LogP contribution in [-0.2, 0) is 29.3 Å². The van der Waals surface area contributed by atoms with Crippen molar-refractivity contribution in [3.05, 3.63) is 70.8 Å². The van der Waals surface area contributed by atoms with E-state index in [1.165, 1.54) is 6.07 Å². The molecule has 1 aromatic heterocycles. The van der Waals surface area contributed by atoms with Gasteiger partial charge in [-0.05, 0) is 74.4 Å². The van der Waals surface area contributed by atoms with Crippen LogP contribution in [0.25, 0.3) is 5.69 Å². The summed E-state index contributed by atoms with van der Waals surface area (Å²) in [4.78, 5) is 15.6. The lowest BCUT2D eigenvalue weighted by atomic mass is 10.1. The summed E-state index contributed by atoms with van der Waals surface area (Å²) in [7, 11) is -3.53.